The van der Waals surface area contributed by atoms with Crippen LogP contribution >= 0.6 is 15.9 Å². The zero-order chi connectivity index (χ0) is 15.4. The molecule has 1 heterocycles. The highest BCUT2D eigenvalue weighted by Gasteiger charge is 2.29. The molecule has 0 spiro atoms. The van der Waals surface area contributed by atoms with Gasteiger partial charge in [0, 0.05) is 11.0 Å². The van der Waals surface area contributed by atoms with E-state index >= 15 is 0 Å². The van der Waals surface area contributed by atoms with Crippen LogP contribution in [0.15, 0.2) is 22.7 Å². The lowest BCUT2D eigenvalue weighted by atomic mass is 10.2. The number of carbonyl (C=O) groups is 2. The molecule has 8 heteroatoms. The Kier molecular flexibility index (Phi) is 4.77. The molecule has 110 valence electrons. The summed E-state index contributed by atoms with van der Waals surface area (Å²) in [5.41, 5.74) is 0.699. The monoisotopic (exact) mass is 353 g/mol. The number of rotatable bonds is 2. The number of nitrogens with zero attached hydrogens (tertiary/aromatic N) is 2. The molecule has 1 atom stereocenters. The fourth-order valence-electron chi connectivity index (χ4n) is 1.89. The second-order valence-corrected chi connectivity index (χ2v) is 5.29. The minimum Gasteiger partial charge on any atom is -0.479 e. The fraction of sp³-hybridized carbons (Fsp3) is 0.308. The maximum atomic E-state index is 12.2. The van der Waals surface area contributed by atoms with Crippen LogP contribution in [0.5, 0.6) is 0 Å². The molecule has 2 amide bonds. The Morgan fingerprint density at radius 1 is 1.52 bits per heavy atom. The van der Waals surface area contributed by atoms with Crippen molar-refractivity contribution in [2.45, 2.75) is 6.10 Å². The molecule has 1 aliphatic heterocycles. The third-order valence-corrected chi connectivity index (χ3v) is 3.47. The van der Waals surface area contributed by atoms with Gasteiger partial charge in [-0.25, -0.2) is 9.59 Å². The lowest BCUT2D eigenvalue weighted by Gasteiger charge is -2.30. The van der Waals surface area contributed by atoms with Gasteiger partial charge in [0.05, 0.1) is 24.4 Å². The molecule has 21 heavy (non-hydrogen) atoms. The van der Waals surface area contributed by atoms with Gasteiger partial charge < -0.3 is 20.1 Å². The highest BCUT2D eigenvalue weighted by molar-refractivity contribution is 9.10. The molecule has 0 aliphatic carbocycles. The van der Waals surface area contributed by atoms with Crippen molar-refractivity contribution < 1.29 is 19.4 Å². The van der Waals surface area contributed by atoms with E-state index in [0.29, 0.717) is 17.8 Å². The number of amides is 2. The summed E-state index contributed by atoms with van der Waals surface area (Å²) in [6, 6.07) is 6.42. The van der Waals surface area contributed by atoms with Gasteiger partial charge in [0.15, 0.2) is 6.10 Å². The van der Waals surface area contributed by atoms with E-state index in [9.17, 15) is 9.59 Å². The summed E-state index contributed by atoms with van der Waals surface area (Å²) in [4.78, 5) is 24.4. The summed E-state index contributed by atoms with van der Waals surface area (Å²) in [6.07, 6.45) is -1.03. The van der Waals surface area contributed by atoms with Crippen molar-refractivity contribution in [2.24, 2.45) is 0 Å². The van der Waals surface area contributed by atoms with Crippen molar-refractivity contribution in [3.63, 3.8) is 0 Å². The molecule has 0 radical (unpaired) electrons. The van der Waals surface area contributed by atoms with Gasteiger partial charge in [-0.2, -0.15) is 5.26 Å². The number of carboxylic acids is 1. The number of morpholine rings is 1. The fourth-order valence-corrected chi connectivity index (χ4v) is 2.26. The van der Waals surface area contributed by atoms with Crippen LogP contribution < -0.4 is 5.32 Å². The van der Waals surface area contributed by atoms with Crippen LogP contribution in [0.1, 0.15) is 5.56 Å². The Bertz CT molecular complexity index is 614. The van der Waals surface area contributed by atoms with Crippen LogP contribution in [0.2, 0.25) is 0 Å². The number of aliphatic carboxylic acids is 1. The number of anilines is 1. The van der Waals surface area contributed by atoms with Gasteiger partial charge in [-0.3, -0.25) is 0 Å². The largest absolute Gasteiger partial charge is 0.479 e. The molecular weight excluding hydrogens is 342 g/mol. The summed E-state index contributed by atoms with van der Waals surface area (Å²) in [5, 5.41) is 20.6. The normalized spacial score (nSPS) is 17.9. The van der Waals surface area contributed by atoms with Gasteiger partial charge >= 0.3 is 12.0 Å². The second kappa shape index (κ2) is 6.56. The molecule has 2 rings (SSSR count). The zero-order valence-electron chi connectivity index (χ0n) is 10.9. The number of urea groups is 1. The second-order valence-electron chi connectivity index (χ2n) is 4.38. The minimum absolute atomic E-state index is 0.0307. The quantitative estimate of drug-likeness (QED) is 0.841. The van der Waals surface area contributed by atoms with Crippen LogP contribution in [0.3, 0.4) is 0 Å². The van der Waals surface area contributed by atoms with E-state index in [1.165, 1.54) is 4.90 Å². The Balaban J connectivity index is 2.09. The predicted molar refractivity (Wildman–Crippen MR) is 76.8 cm³/mol. The smallest absolute Gasteiger partial charge is 0.334 e. The van der Waals surface area contributed by atoms with Gasteiger partial charge in [-0.15, -0.1) is 0 Å². The molecule has 1 unspecified atom stereocenters. The molecule has 0 aromatic heterocycles. The summed E-state index contributed by atoms with van der Waals surface area (Å²) >= 11 is 3.27. The first-order valence-corrected chi connectivity index (χ1v) is 6.90. The van der Waals surface area contributed by atoms with Crippen LogP contribution in [-0.4, -0.2) is 47.8 Å². The first-order valence-electron chi connectivity index (χ1n) is 6.11. The molecule has 1 aliphatic rings. The van der Waals surface area contributed by atoms with Gasteiger partial charge in [-0.05, 0) is 18.2 Å². The number of carboxylic acid groups (broad SMARTS) is 1. The predicted octanol–water partition coefficient (Wildman–Crippen LogP) is 1.64. The zero-order valence-corrected chi connectivity index (χ0v) is 12.5. The van der Waals surface area contributed by atoms with Crippen molar-refractivity contribution in [3.05, 3.63) is 28.2 Å². The maximum Gasteiger partial charge on any atom is 0.334 e. The van der Waals surface area contributed by atoms with E-state index in [2.05, 4.69) is 21.2 Å². The number of carbonyl (C=O) groups excluding carboxylic acids is 1. The average molecular weight is 354 g/mol. The maximum absolute atomic E-state index is 12.2. The van der Waals surface area contributed by atoms with E-state index in [-0.39, 0.29) is 13.2 Å². The standard InChI is InChI=1S/C13H12BrN3O4/c14-9-2-1-8(6-15)10(5-9)16-13(20)17-3-4-21-11(7-17)12(18)19/h1-2,5,11H,3-4,7H2,(H,16,20)(H,18,19). The van der Waals surface area contributed by atoms with Crippen LogP contribution in [0, 0.1) is 11.3 Å². The molecule has 1 aromatic rings. The van der Waals surface area contributed by atoms with Gasteiger partial charge in [0.2, 0.25) is 0 Å². The summed E-state index contributed by atoms with van der Waals surface area (Å²) < 4.78 is 5.78. The Morgan fingerprint density at radius 2 is 2.29 bits per heavy atom. The molecule has 7 nitrogen and oxygen atoms in total. The molecule has 1 fully saturated rings. The number of halogens is 1. The number of nitriles is 1. The number of nitrogens with one attached hydrogen (secondary N) is 1. The molecule has 1 aromatic carbocycles. The Hall–Kier alpha value is -2.11. The first kappa shape index (κ1) is 15.3. The highest BCUT2D eigenvalue weighted by Crippen LogP contribution is 2.21. The number of benzene rings is 1. The average Bonchev–Trinajstić information content (AvgIpc) is 2.47. The number of ether oxygens (including phenoxy) is 1. The Labute approximate surface area is 129 Å². The third kappa shape index (κ3) is 3.71. The van der Waals surface area contributed by atoms with Crippen LogP contribution in [0.25, 0.3) is 0 Å². The van der Waals surface area contributed by atoms with Crippen molar-refractivity contribution in [2.75, 3.05) is 25.0 Å². The topological polar surface area (TPSA) is 103 Å². The molecule has 2 N–H and O–H groups in total. The lowest BCUT2D eigenvalue weighted by molar-refractivity contribution is -0.154. The molecule has 1 saturated heterocycles. The van der Waals surface area contributed by atoms with Gasteiger partial charge in [0.25, 0.3) is 0 Å². The van der Waals surface area contributed by atoms with Crippen molar-refractivity contribution in [1.82, 2.24) is 4.90 Å². The first-order chi connectivity index (χ1) is 10.0. The summed E-state index contributed by atoms with van der Waals surface area (Å²) in [7, 11) is 0. The van der Waals surface area contributed by atoms with Gasteiger partial charge in [-0.1, -0.05) is 15.9 Å². The van der Waals surface area contributed by atoms with E-state index in [4.69, 9.17) is 15.1 Å². The van der Waals surface area contributed by atoms with E-state index in [1.807, 2.05) is 6.07 Å². The molecule has 0 bridgehead atoms. The van der Waals surface area contributed by atoms with E-state index in [1.54, 1.807) is 18.2 Å². The Morgan fingerprint density at radius 3 is 2.95 bits per heavy atom. The van der Waals surface area contributed by atoms with Crippen LogP contribution in [-0.2, 0) is 9.53 Å². The van der Waals surface area contributed by atoms with Crippen LogP contribution in [0.4, 0.5) is 10.5 Å². The third-order valence-electron chi connectivity index (χ3n) is 2.97. The minimum atomic E-state index is -1.10. The van der Waals surface area contributed by atoms with E-state index < -0.39 is 18.1 Å². The van der Waals surface area contributed by atoms with Crippen molar-refractivity contribution in [1.29, 1.82) is 5.26 Å². The summed E-state index contributed by atoms with van der Waals surface area (Å²) in [5.74, 6) is -1.10. The molecular formula is C13H12BrN3O4. The van der Waals surface area contributed by atoms with E-state index in [0.717, 1.165) is 4.47 Å². The van der Waals surface area contributed by atoms with Crippen molar-refractivity contribution >= 4 is 33.6 Å². The summed E-state index contributed by atoms with van der Waals surface area (Å²) in [6.45, 7) is 0.427. The number of hydrogen-bond donors (Lipinski definition) is 2. The lowest BCUT2D eigenvalue weighted by Crippen LogP contribution is -2.50. The van der Waals surface area contributed by atoms with Crippen molar-refractivity contribution in [3.8, 4) is 6.07 Å². The highest BCUT2D eigenvalue weighted by atomic mass is 79.9. The van der Waals surface area contributed by atoms with Gasteiger partial charge in [0.1, 0.15) is 6.07 Å². The molecule has 0 saturated carbocycles. The number of hydrogen-bond acceptors (Lipinski definition) is 4. The SMILES string of the molecule is N#Cc1ccc(Br)cc1NC(=O)N1CCOC(C(=O)O)C1.